The Bertz CT molecular complexity index is 1100. The molecule has 1 fully saturated rings. The first kappa shape index (κ1) is 23.3. The van der Waals surface area contributed by atoms with Gasteiger partial charge in [0.25, 0.3) is 0 Å². The summed E-state index contributed by atoms with van der Waals surface area (Å²) in [5.41, 5.74) is 6.29. The van der Waals surface area contributed by atoms with E-state index in [9.17, 15) is 18.0 Å². The predicted molar refractivity (Wildman–Crippen MR) is 119 cm³/mol. The van der Waals surface area contributed by atoms with Gasteiger partial charge in [-0.3, -0.25) is 14.3 Å². The van der Waals surface area contributed by atoms with E-state index in [1.807, 2.05) is 24.3 Å². The quantitative estimate of drug-likeness (QED) is 0.168. The van der Waals surface area contributed by atoms with E-state index < -0.39 is 12.6 Å². The number of halogens is 3. The highest BCUT2D eigenvalue weighted by Crippen LogP contribution is 2.31. The lowest BCUT2D eigenvalue weighted by Gasteiger charge is -2.17. The van der Waals surface area contributed by atoms with Crippen LogP contribution in [0.2, 0.25) is 0 Å². The standard InChI is InChI=1S/C20H22F3N7O2S/c1-30(33-32-10-2-9-20(21,22)23)29-14-7-5-12(6-8-14)15-16-17(25-11-24-16)27-19(26-15)28-18(31)13-3-4-13/h5-8,11,13,29H,2-4,9-10H2,1H3,(H2,24,25,26,27,28,31). The molecule has 1 saturated carbocycles. The zero-order chi connectivity index (χ0) is 23.4. The lowest BCUT2D eigenvalue weighted by Crippen LogP contribution is -2.18. The van der Waals surface area contributed by atoms with Crippen molar-refractivity contribution in [2.24, 2.45) is 5.92 Å². The normalized spacial score (nSPS) is 14.1. The fourth-order valence-corrected chi connectivity index (χ4v) is 3.50. The Morgan fingerprint density at radius 1 is 1.27 bits per heavy atom. The second kappa shape index (κ2) is 9.93. The lowest BCUT2D eigenvalue weighted by atomic mass is 10.1. The van der Waals surface area contributed by atoms with Gasteiger partial charge in [-0.25, -0.2) is 9.97 Å². The number of amides is 1. The van der Waals surface area contributed by atoms with E-state index in [0.29, 0.717) is 16.9 Å². The number of imidazole rings is 1. The van der Waals surface area contributed by atoms with Crippen LogP contribution < -0.4 is 10.7 Å². The maximum atomic E-state index is 12.1. The Labute approximate surface area is 191 Å². The molecule has 4 rings (SSSR count). The second-order valence-corrected chi connectivity index (χ2v) is 8.49. The first-order chi connectivity index (χ1) is 15.8. The Morgan fingerprint density at radius 2 is 2.03 bits per heavy atom. The number of nitrogens with zero attached hydrogens (tertiary/aromatic N) is 4. The van der Waals surface area contributed by atoms with E-state index in [1.165, 1.54) is 6.33 Å². The summed E-state index contributed by atoms with van der Waals surface area (Å²) >= 11 is 0.921. The monoisotopic (exact) mass is 481 g/mol. The summed E-state index contributed by atoms with van der Waals surface area (Å²) < 4.78 is 43.2. The number of benzene rings is 1. The lowest BCUT2D eigenvalue weighted by molar-refractivity contribution is -0.136. The molecule has 1 aliphatic carbocycles. The third-order valence-electron chi connectivity index (χ3n) is 4.77. The summed E-state index contributed by atoms with van der Waals surface area (Å²) in [6, 6.07) is 7.34. The minimum Gasteiger partial charge on any atom is -0.341 e. The van der Waals surface area contributed by atoms with Crippen molar-refractivity contribution in [1.29, 1.82) is 0 Å². The van der Waals surface area contributed by atoms with Crippen molar-refractivity contribution in [3.8, 4) is 11.3 Å². The molecule has 2 heterocycles. The summed E-state index contributed by atoms with van der Waals surface area (Å²) in [4.78, 5) is 28.1. The van der Waals surface area contributed by atoms with E-state index in [1.54, 1.807) is 11.5 Å². The van der Waals surface area contributed by atoms with Gasteiger partial charge in [0.05, 0.1) is 12.9 Å². The van der Waals surface area contributed by atoms with Crippen molar-refractivity contribution in [3.63, 3.8) is 0 Å². The molecule has 3 aromatic rings. The third kappa shape index (κ3) is 6.55. The van der Waals surface area contributed by atoms with E-state index in [-0.39, 0.29) is 30.8 Å². The maximum Gasteiger partial charge on any atom is 0.389 e. The fraction of sp³-hybridized carbons (Fsp3) is 0.400. The molecule has 0 aliphatic heterocycles. The van der Waals surface area contributed by atoms with Crippen molar-refractivity contribution in [2.45, 2.75) is 31.9 Å². The third-order valence-corrected chi connectivity index (χ3v) is 5.35. The van der Waals surface area contributed by atoms with Crippen LogP contribution in [0.15, 0.2) is 30.6 Å². The molecule has 1 aromatic carbocycles. The van der Waals surface area contributed by atoms with Crippen LogP contribution in [0.25, 0.3) is 22.4 Å². The molecule has 2 aromatic heterocycles. The van der Waals surface area contributed by atoms with E-state index in [2.05, 4.69) is 30.7 Å². The van der Waals surface area contributed by atoms with Crippen molar-refractivity contribution in [1.82, 2.24) is 24.4 Å². The molecular weight excluding hydrogens is 459 g/mol. The van der Waals surface area contributed by atoms with Gasteiger partial charge >= 0.3 is 6.18 Å². The average molecular weight is 482 g/mol. The Hall–Kier alpha value is -2.90. The van der Waals surface area contributed by atoms with E-state index in [0.717, 1.165) is 36.3 Å². The summed E-state index contributed by atoms with van der Waals surface area (Å²) in [5, 5.41) is 2.76. The van der Waals surface area contributed by atoms with Crippen LogP contribution in [0.4, 0.5) is 24.8 Å². The molecule has 0 saturated heterocycles. The number of alkyl halides is 3. The largest absolute Gasteiger partial charge is 0.389 e. The van der Waals surface area contributed by atoms with Crippen LogP contribution in [-0.2, 0) is 8.98 Å². The van der Waals surface area contributed by atoms with Gasteiger partial charge in [-0.05, 0) is 31.4 Å². The molecule has 0 bridgehead atoms. The van der Waals surface area contributed by atoms with Gasteiger partial charge < -0.3 is 10.4 Å². The number of nitrogens with one attached hydrogen (secondary N) is 3. The van der Waals surface area contributed by atoms with Gasteiger partial charge in [-0.1, -0.05) is 12.1 Å². The molecule has 3 N–H and O–H groups in total. The van der Waals surface area contributed by atoms with Crippen molar-refractivity contribution in [3.05, 3.63) is 30.6 Å². The average Bonchev–Trinajstić information content (AvgIpc) is 3.51. The zero-order valence-electron chi connectivity index (χ0n) is 17.6. The Kier molecular flexibility index (Phi) is 7.00. The summed E-state index contributed by atoms with van der Waals surface area (Å²) in [5.74, 6) is 0.153. The van der Waals surface area contributed by atoms with Gasteiger partial charge in [0, 0.05) is 30.6 Å². The predicted octanol–water partition coefficient (Wildman–Crippen LogP) is 4.55. The zero-order valence-corrected chi connectivity index (χ0v) is 18.5. The molecule has 0 unspecified atom stereocenters. The maximum absolute atomic E-state index is 12.1. The number of carbonyl (C=O) groups excluding carboxylic acids is 1. The molecule has 176 valence electrons. The minimum absolute atomic E-state index is 0.0113. The number of hydrogen-bond acceptors (Lipinski definition) is 8. The number of aromatic nitrogens is 4. The van der Waals surface area contributed by atoms with Crippen LogP contribution in [0, 0.1) is 5.92 Å². The van der Waals surface area contributed by atoms with Crippen molar-refractivity contribution < 1.29 is 22.1 Å². The first-order valence-electron chi connectivity index (χ1n) is 10.3. The van der Waals surface area contributed by atoms with Crippen LogP contribution in [0.1, 0.15) is 25.7 Å². The van der Waals surface area contributed by atoms with Crippen molar-refractivity contribution >= 4 is 40.9 Å². The summed E-state index contributed by atoms with van der Waals surface area (Å²) in [6.45, 7) is -0.0113. The molecular formula is C20H22F3N7O2S. The smallest absolute Gasteiger partial charge is 0.341 e. The number of fused-ring (bicyclic) bond motifs is 1. The number of anilines is 2. The van der Waals surface area contributed by atoms with Gasteiger partial charge in [0.15, 0.2) is 5.65 Å². The Morgan fingerprint density at radius 3 is 2.73 bits per heavy atom. The fourth-order valence-electron chi connectivity index (χ4n) is 3.01. The first-order valence-corrected chi connectivity index (χ1v) is 11.0. The van der Waals surface area contributed by atoms with Gasteiger partial charge in [0.1, 0.15) is 23.4 Å². The molecule has 33 heavy (non-hydrogen) atoms. The highest BCUT2D eigenvalue weighted by atomic mass is 32.2. The molecule has 0 atom stereocenters. The SMILES string of the molecule is CN(Nc1ccc(-c2nc(NC(=O)C3CC3)nc3nc[nH]c23)cc1)SOCCCC(F)(F)F. The van der Waals surface area contributed by atoms with Crippen LogP contribution in [0.5, 0.6) is 0 Å². The summed E-state index contributed by atoms with van der Waals surface area (Å²) in [7, 11) is 1.69. The molecule has 1 amide bonds. The number of rotatable bonds is 10. The molecule has 13 heteroatoms. The topological polar surface area (TPSA) is 108 Å². The van der Waals surface area contributed by atoms with Gasteiger partial charge in [0.2, 0.25) is 11.9 Å². The number of carbonyl (C=O) groups is 1. The van der Waals surface area contributed by atoms with E-state index >= 15 is 0 Å². The molecule has 9 nitrogen and oxygen atoms in total. The molecule has 0 radical (unpaired) electrons. The number of H-pyrrole nitrogens is 1. The molecule has 1 aliphatic rings. The minimum atomic E-state index is -4.17. The van der Waals surface area contributed by atoms with Crippen LogP contribution in [0.3, 0.4) is 0 Å². The Balaban J connectivity index is 1.37. The number of hydrogen-bond donors (Lipinski definition) is 3. The van der Waals surface area contributed by atoms with Crippen LogP contribution >= 0.6 is 12.2 Å². The highest BCUT2D eigenvalue weighted by molar-refractivity contribution is 7.92. The highest BCUT2D eigenvalue weighted by Gasteiger charge is 2.30. The second-order valence-electron chi connectivity index (χ2n) is 7.56. The van der Waals surface area contributed by atoms with Crippen LogP contribution in [-0.4, -0.2) is 50.1 Å². The number of hydrazine groups is 1. The summed E-state index contributed by atoms with van der Waals surface area (Å²) in [6.07, 6.45) is -1.86. The van der Waals surface area contributed by atoms with E-state index in [4.69, 9.17) is 4.18 Å². The van der Waals surface area contributed by atoms with Gasteiger partial charge in [-0.15, -0.1) is 4.41 Å². The van der Waals surface area contributed by atoms with Gasteiger partial charge in [-0.2, -0.15) is 18.2 Å². The van der Waals surface area contributed by atoms with Crippen molar-refractivity contribution in [2.75, 3.05) is 24.4 Å². The number of aromatic amines is 1. The molecule has 0 spiro atoms.